The number of carbonyl (C=O) groups is 2. The lowest BCUT2D eigenvalue weighted by molar-refractivity contribution is -0.136. The highest BCUT2D eigenvalue weighted by atomic mass is 35.5. The van der Waals surface area contributed by atoms with Crippen molar-refractivity contribution in [2.75, 3.05) is 13.4 Å². The molecule has 0 saturated carbocycles. The van der Waals surface area contributed by atoms with Crippen LogP contribution >= 0.6 is 11.6 Å². The summed E-state index contributed by atoms with van der Waals surface area (Å²) in [4.78, 5) is 23.9. The van der Waals surface area contributed by atoms with Crippen molar-refractivity contribution >= 4 is 29.4 Å². The fourth-order valence-electron chi connectivity index (χ4n) is 2.44. The highest BCUT2D eigenvalue weighted by Crippen LogP contribution is 2.40. The van der Waals surface area contributed by atoms with Crippen molar-refractivity contribution in [3.8, 4) is 11.5 Å². The lowest BCUT2D eigenvalue weighted by atomic mass is 10.1. The van der Waals surface area contributed by atoms with Gasteiger partial charge in [-0.1, -0.05) is 42.8 Å². The summed E-state index contributed by atoms with van der Waals surface area (Å²) in [5, 5.41) is 0.402. The Morgan fingerprint density at radius 2 is 1.96 bits per heavy atom. The van der Waals surface area contributed by atoms with Gasteiger partial charge in [0.25, 0.3) is 0 Å². The van der Waals surface area contributed by atoms with E-state index in [-0.39, 0.29) is 19.2 Å². The third kappa shape index (κ3) is 4.24. The van der Waals surface area contributed by atoms with Crippen LogP contribution in [0.2, 0.25) is 5.02 Å². The van der Waals surface area contributed by atoms with E-state index in [4.69, 9.17) is 25.8 Å². The minimum Gasteiger partial charge on any atom is -0.454 e. The molecule has 0 saturated heterocycles. The molecule has 0 bridgehead atoms. The second-order valence-electron chi connectivity index (χ2n) is 5.65. The molecule has 1 aliphatic heterocycles. The van der Waals surface area contributed by atoms with Crippen molar-refractivity contribution in [2.45, 2.75) is 13.3 Å². The topological polar surface area (TPSA) is 61.8 Å². The van der Waals surface area contributed by atoms with Crippen LogP contribution in [0.5, 0.6) is 11.5 Å². The molecule has 2 aromatic carbocycles. The summed E-state index contributed by atoms with van der Waals surface area (Å²) in [6, 6.07) is 10.6. The van der Waals surface area contributed by atoms with Crippen LogP contribution in [0.3, 0.4) is 0 Å². The highest BCUT2D eigenvalue weighted by molar-refractivity contribution is 6.32. The van der Waals surface area contributed by atoms with Crippen LogP contribution in [0.15, 0.2) is 42.5 Å². The summed E-state index contributed by atoms with van der Waals surface area (Å²) in [6.07, 6.45) is 3.68. The fraction of sp³-hybridized carbons (Fsp3) is 0.200. The van der Waals surface area contributed by atoms with Gasteiger partial charge in [-0.05, 0) is 35.8 Å². The van der Waals surface area contributed by atoms with E-state index >= 15 is 0 Å². The van der Waals surface area contributed by atoms with Crippen LogP contribution in [-0.2, 0) is 16.0 Å². The summed E-state index contributed by atoms with van der Waals surface area (Å²) < 4.78 is 15.5. The van der Waals surface area contributed by atoms with Gasteiger partial charge in [-0.2, -0.15) is 0 Å². The number of hydrogen-bond acceptors (Lipinski definition) is 5. The molecule has 0 aromatic heterocycles. The Bertz CT molecular complexity index is 855. The van der Waals surface area contributed by atoms with E-state index in [1.54, 1.807) is 24.3 Å². The van der Waals surface area contributed by atoms with Gasteiger partial charge in [-0.25, -0.2) is 4.79 Å². The maximum Gasteiger partial charge on any atom is 0.331 e. The smallest absolute Gasteiger partial charge is 0.331 e. The van der Waals surface area contributed by atoms with E-state index in [9.17, 15) is 9.59 Å². The van der Waals surface area contributed by atoms with Gasteiger partial charge in [-0.15, -0.1) is 0 Å². The van der Waals surface area contributed by atoms with E-state index in [0.29, 0.717) is 27.6 Å². The third-order valence-corrected chi connectivity index (χ3v) is 4.17. The zero-order valence-corrected chi connectivity index (χ0v) is 14.9. The minimum atomic E-state index is -0.614. The number of esters is 1. The summed E-state index contributed by atoms with van der Waals surface area (Å²) in [7, 11) is 0. The molecule has 26 heavy (non-hydrogen) atoms. The number of halogens is 1. The Hall–Kier alpha value is -2.79. The lowest BCUT2D eigenvalue weighted by Crippen LogP contribution is -2.12. The average Bonchev–Trinajstić information content (AvgIpc) is 3.13. The van der Waals surface area contributed by atoms with Crippen LogP contribution in [0.4, 0.5) is 0 Å². The van der Waals surface area contributed by atoms with E-state index in [1.807, 2.05) is 19.1 Å². The zero-order valence-electron chi connectivity index (χ0n) is 14.2. The van der Waals surface area contributed by atoms with Gasteiger partial charge in [0.15, 0.2) is 23.9 Å². The van der Waals surface area contributed by atoms with Gasteiger partial charge >= 0.3 is 5.97 Å². The molecule has 1 heterocycles. The Labute approximate surface area is 156 Å². The predicted octanol–water partition coefficient (Wildman–Crippen LogP) is 4.07. The number of fused-ring (bicyclic) bond motifs is 1. The molecule has 6 heteroatoms. The standard InChI is InChI=1S/C20H17ClO5/c1-2-13-3-6-15(7-4-13)17(22)11-24-19(23)8-5-14-9-16(21)20-18(10-14)25-12-26-20/h3-10H,2,11-12H2,1H3/b8-5+. The van der Waals surface area contributed by atoms with Crippen LogP contribution in [0.1, 0.15) is 28.4 Å². The molecule has 0 unspecified atom stereocenters. The monoisotopic (exact) mass is 372 g/mol. The van der Waals surface area contributed by atoms with Crippen LogP contribution < -0.4 is 9.47 Å². The maximum absolute atomic E-state index is 12.0. The highest BCUT2D eigenvalue weighted by Gasteiger charge is 2.17. The molecule has 0 atom stereocenters. The molecule has 134 valence electrons. The first-order valence-corrected chi connectivity index (χ1v) is 8.50. The number of aryl methyl sites for hydroxylation is 1. The van der Waals surface area contributed by atoms with E-state index < -0.39 is 5.97 Å². The van der Waals surface area contributed by atoms with E-state index in [0.717, 1.165) is 12.0 Å². The number of hydrogen-bond donors (Lipinski definition) is 0. The van der Waals surface area contributed by atoms with Gasteiger partial charge in [0.2, 0.25) is 6.79 Å². The number of benzene rings is 2. The number of carbonyl (C=O) groups excluding carboxylic acids is 2. The number of Topliss-reactive ketones (excluding diaryl/α,β-unsaturated/α-hetero) is 1. The predicted molar refractivity (Wildman–Crippen MR) is 97.7 cm³/mol. The normalized spacial score (nSPS) is 12.4. The summed E-state index contributed by atoms with van der Waals surface area (Å²) in [5.74, 6) is 0.153. The minimum absolute atomic E-state index is 0.117. The molecule has 3 rings (SSSR count). The number of ether oxygens (including phenoxy) is 3. The van der Waals surface area contributed by atoms with Gasteiger partial charge < -0.3 is 14.2 Å². The number of rotatable bonds is 6. The molecule has 0 radical (unpaired) electrons. The third-order valence-electron chi connectivity index (χ3n) is 3.89. The largest absolute Gasteiger partial charge is 0.454 e. The Balaban J connectivity index is 1.56. The molecule has 0 fully saturated rings. The molecular formula is C20H17ClO5. The maximum atomic E-state index is 12.0. The molecule has 0 N–H and O–H groups in total. The Kier molecular flexibility index (Phi) is 5.58. The second-order valence-corrected chi connectivity index (χ2v) is 6.06. The van der Waals surface area contributed by atoms with Crippen LogP contribution in [0, 0.1) is 0 Å². The zero-order chi connectivity index (χ0) is 18.5. The Morgan fingerprint density at radius 1 is 1.19 bits per heavy atom. The van der Waals surface area contributed by atoms with E-state index in [1.165, 1.54) is 12.2 Å². The first-order chi connectivity index (χ1) is 12.6. The van der Waals surface area contributed by atoms with Crippen LogP contribution in [-0.4, -0.2) is 25.2 Å². The van der Waals surface area contributed by atoms with Crippen molar-refractivity contribution < 1.29 is 23.8 Å². The quantitative estimate of drug-likeness (QED) is 0.434. The lowest BCUT2D eigenvalue weighted by Gasteiger charge is -2.03. The van der Waals surface area contributed by atoms with Gasteiger partial charge in [0.05, 0.1) is 5.02 Å². The van der Waals surface area contributed by atoms with Gasteiger partial charge in [0.1, 0.15) is 0 Å². The Morgan fingerprint density at radius 3 is 2.69 bits per heavy atom. The first kappa shape index (κ1) is 18.0. The molecular weight excluding hydrogens is 356 g/mol. The number of ketones is 1. The average molecular weight is 373 g/mol. The van der Waals surface area contributed by atoms with Gasteiger partial charge in [-0.3, -0.25) is 4.79 Å². The molecule has 5 nitrogen and oxygen atoms in total. The summed E-state index contributed by atoms with van der Waals surface area (Å²) in [5.41, 5.74) is 2.32. The summed E-state index contributed by atoms with van der Waals surface area (Å²) in [6.45, 7) is 1.85. The first-order valence-electron chi connectivity index (χ1n) is 8.13. The molecule has 2 aromatic rings. The summed E-state index contributed by atoms with van der Waals surface area (Å²) >= 11 is 6.08. The van der Waals surface area contributed by atoms with Gasteiger partial charge in [0, 0.05) is 11.6 Å². The molecule has 1 aliphatic rings. The van der Waals surface area contributed by atoms with Crippen molar-refractivity contribution in [3.05, 3.63) is 64.2 Å². The van der Waals surface area contributed by atoms with Crippen molar-refractivity contribution in [1.82, 2.24) is 0 Å². The molecule has 0 aliphatic carbocycles. The van der Waals surface area contributed by atoms with Crippen LogP contribution in [0.25, 0.3) is 6.08 Å². The van der Waals surface area contributed by atoms with Crippen molar-refractivity contribution in [2.24, 2.45) is 0 Å². The second kappa shape index (κ2) is 8.06. The molecule has 0 amide bonds. The van der Waals surface area contributed by atoms with Crippen molar-refractivity contribution in [3.63, 3.8) is 0 Å². The SMILES string of the molecule is CCc1ccc(C(=O)COC(=O)/C=C/c2cc(Cl)c3c(c2)OCO3)cc1. The molecule has 0 spiro atoms. The fourth-order valence-corrected chi connectivity index (χ4v) is 2.72. The van der Waals surface area contributed by atoms with E-state index in [2.05, 4.69) is 0 Å². The van der Waals surface area contributed by atoms with Crippen molar-refractivity contribution in [1.29, 1.82) is 0 Å².